The molecule has 8 heteroatoms. The quantitative estimate of drug-likeness (QED) is 0.593. The van der Waals surface area contributed by atoms with Crippen molar-refractivity contribution in [2.45, 2.75) is 51.5 Å². The second-order valence-corrected chi connectivity index (χ2v) is 8.26. The predicted octanol–water partition coefficient (Wildman–Crippen LogP) is 4.18. The minimum absolute atomic E-state index is 0.0349. The van der Waals surface area contributed by atoms with Crippen molar-refractivity contribution in [1.82, 2.24) is 15.5 Å². The summed E-state index contributed by atoms with van der Waals surface area (Å²) in [6, 6.07) is 9.14. The van der Waals surface area contributed by atoms with Crippen molar-refractivity contribution >= 4 is 17.5 Å². The van der Waals surface area contributed by atoms with Crippen molar-refractivity contribution in [3.63, 3.8) is 0 Å². The van der Waals surface area contributed by atoms with Crippen molar-refractivity contribution in [2.75, 3.05) is 5.32 Å². The van der Waals surface area contributed by atoms with Crippen LogP contribution in [-0.4, -0.2) is 22.0 Å². The number of carbonyl (C=O) groups is 2. The maximum atomic E-state index is 12.4. The first-order valence-corrected chi connectivity index (χ1v) is 10.7. The lowest BCUT2D eigenvalue weighted by Gasteiger charge is -2.24. The Morgan fingerprint density at radius 1 is 1.16 bits per heavy atom. The number of rotatable bonds is 7. The average molecular weight is 420 g/mol. The SMILES string of the molecule is Cc1oc(-c2ccccc2NC(=O)C2CCC2)nc1CNC(=O)c1cc(C2CC2)on1. The maximum absolute atomic E-state index is 12.4. The minimum atomic E-state index is -0.312. The Morgan fingerprint density at radius 2 is 1.97 bits per heavy atom. The third-order valence-corrected chi connectivity index (χ3v) is 5.94. The molecule has 1 aromatic carbocycles. The van der Waals surface area contributed by atoms with Gasteiger partial charge in [-0.05, 0) is 44.7 Å². The van der Waals surface area contributed by atoms with E-state index in [2.05, 4.69) is 20.8 Å². The highest BCUT2D eigenvalue weighted by atomic mass is 16.5. The zero-order valence-corrected chi connectivity index (χ0v) is 17.3. The van der Waals surface area contributed by atoms with Crippen LogP contribution in [0.1, 0.15) is 65.7 Å². The minimum Gasteiger partial charge on any atom is -0.441 e. The molecule has 2 saturated carbocycles. The van der Waals surface area contributed by atoms with Gasteiger partial charge in [0.05, 0.1) is 17.8 Å². The Hall–Kier alpha value is -3.42. The fraction of sp³-hybridized carbons (Fsp3) is 0.391. The first kappa shape index (κ1) is 19.5. The average Bonchev–Trinajstić information content (AvgIpc) is 3.33. The van der Waals surface area contributed by atoms with E-state index in [0.717, 1.165) is 37.9 Å². The molecule has 160 valence electrons. The molecule has 0 atom stereocenters. The maximum Gasteiger partial charge on any atom is 0.273 e. The number of hydrogen-bond donors (Lipinski definition) is 2. The number of oxazole rings is 1. The number of nitrogens with zero attached hydrogens (tertiary/aromatic N) is 2. The summed E-state index contributed by atoms with van der Waals surface area (Å²) < 4.78 is 11.1. The summed E-state index contributed by atoms with van der Waals surface area (Å²) in [6.45, 7) is 2.01. The summed E-state index contributed by atoms with van der Waals surface area (Å²) >= 11 is 0. The number of anilines is 1. The number of carbonyl (C=O) groups excluding carboxylic acids is 2. The number of aromatic nitrogens is 2. The molecule has 2 aromatic heterocycles. The van der Waals surface area contributed by atoms with Crippen LogP contribution in [0.3, 0.4) is 0 Å². The van der Waals surface area contributed by atoms with Crippen LogP contribution < -0.4 is 10.6 Å². The second-order valence-electron chi connectivity index (χ2n) is 8.26. The zero-order valence-electron chi connectivity index (χ0n) is 17.3. The molecule has 2 N–H and O–H groups in total. The zero-order chi connectivity index (χ0) is 21.4. The molecule has 2 aliphatic rings. The van der Waals surface area contributed by atoms with Crippen molar-refractivity contribution in [2.24, 2.45) is 5.92 Å². The number of aryl methyl sites for hydroxylation is 1. The molecule has 2 heterocycles. The fourth-order valence-electron chi connectivity index (χ4n) is 3.60. The molecule has 0 saturated heterocycles. The summed E-state index contributed by atoms with van der Waals surface area (Å²) in [5.41, 5.74) is 2.27. The Balaban J connectivity index is 1.28. The molecule has 0 radical (unpaired) electrons. The highest BCUT2D eigenvalue weighted by molar-refractivity contribution is 5.96. The first-order valence-electron chi connectivity index (χ1n) is 10.7. The number of nitrogens with one attached hydrogen (secondary N) is 2. The molecule has 0 bridgehead atoms. The Kier molecular flexibility index (Phi) is 5.05. The first-order chi connectivity index (χ1) is 15.1. The van der Waals surface area contributed by atoms with Gasteiger partial charge in [-0.2, -0.15) is 0 Å². The van der Waals surface area contributed by atoms with Gasteiger partial charge in [-0.1, -0.05) is 23.7 Å². The van der Waals surface area contributed by atoms with Gasteiger partial charge in [0.15, 0.2) is 5.69 Å². The number of benzene rings is 1. The molecule has 2 amide bonds. The highest BCUT2D eigenvalue weighted by Crippen LogP contribution is 2.40. The van der Waals surface area contributed by atoms with Crippen LogP contribution >= 0.6 is 0 Å². The van der Waals surface area contributed by atoms with Gasteiger partial charge in [0, 0.05) is 17.9 Å². The molecule has 5 rings (SSSR count). The van der Waals surface area contributed by atoms with E-state index in [1.54, 1.807) is 13.0 Å². The molecular formula is C23H24N4O4. The molecule has 0 aliphatic heterocycles. The van der Waals surface area contributed by atoms with Crippen molar-refractivity contribution in [1.29, 1.82) is 0 Å². The van der Waals surface area contributed by atoms with Gasteiger partial charge < -0.3 is 19.6 Å². The lowest BCUT2D eigenvalue weighted by Crippen LogP contribution is -2.28. The summed E-state index contributed by atoms with van der Waals surface area (Å²) in [5, 5.41) is 9.68. The van der Waals surface area contributed by atoms with Gasteiger partial charge in [0.2, 0.25) is 11.8 Å². The number of hydrogen-bond acceptors (Lipinski definition) is 6. The van der Waals surface area contributed by atoms with Crippen molar-refractivity contribution in [3.05, 3.63) is 53.2 Å². The third kappa shape index (κ3) is 4.10. The van der Waals surface area contributed by atoms with E-state index in [1.165, 1.54) is 0 Å². The highest BCUT2D eigenvalue weighted by Gasteiger charge is 2.29. The van der Waals surface area contributed by atoms with Crippen molar-refractivity contribution in [3.8, 4) is 11.5 Å². The molecule has 0 unspecified atom stereocenters. The van der Waals surface area contributed by atoms with Crippen LogP contribution in [0.5, 0.6) is 0 Å². The normalized spacial score (nSPS) is 16.0. The van der Waals surface area contributed by atoms with Gasteiger partial charge in [-0.25, -0.2) is 4.98 Å². The van der Waals surface area contributed by atoms with Crippen LogP contribution in [0.25, 0.3) is 11.5 Å². The predicted molar refractivity (Wildman–Crippen MR) is 112 cm³/mol. The van der Waals surface area contributed by atoms with E-state index in [-0.39, 0.29) is 30.0 Å². The fourth-order valence-corrected chi connectivity index (χ4v) is 3.60. The summed E-state index contributed by atoms with van der Waals surface area (Å²) in [6.07, 6.45) is 5.14. The largest absolute Gasteiger partial charge is 0.441 e. The lowest BCUT2D eigenvalue weighted by molar-refractivity contribution is -0.122. The molecule has 3 aromatic rings. The molecular weight excluding hydrogens is 396 g/mol. The summed E-state index contributed by atoms with van der Waals surface area (Å²) in [5.74, 6) is 1.99. The third-order valence-electron chi connectivity index (χ3n) is 5.94. The Labute approximate surface area is 179 Å². The molecule has 8 nitrogen and oxygen atoms in total. The van der Waals surface area contributed by atoms with Crippen LogP contribution in [0.15, 0.2) is 39.3 Å². The van der Waals surface area contributed by atoms with E-state index < -0.39 is 0 Å². The van der Waals surface area contributed by atoms with Gasteiger partial charge >= 0.3 is 0 Å². The Morgan fingerprint density at radius 3 is 2.71 bits per heavy atom. The standard InChI is InChI=1S/C23H24N4O4/c1-13-19(12-24-22(29)18-11-20(31-27-18)14-9-10-14)26-23(30-13)16-7-2-3-8-17(16)25-21(28)15-5-4-6-15/h2-3,7-8,11,14-15H,4-6,9-10,12H2,1H3,(H,24,29)(H,25,28). The van der Waals surface area contributed by atoms with Crippen LogP contribution in [-0.2, 0) is 11.3 Å². The monoisotopic (exact) mass is 420 g/mol. The van der Waals surface area contributed by atoms with E-state index >= 15 is 0 Å². The molecule has 31 heavy (non-hydrogen) atoms. The summed E-state index contributed by atoms with van der Waals surface area (Å²) in [7, 11) is 0. The van der Waals surface area contributed by atoms with Crippen LogP contribution in [0, 0.1) is 12.8 Å². The van der Waals surface area contributed by atoms with Gasteiger partial charge in [0.25, 0.3) is 5.91 Å². The smallest absolute Gasteiger partial charge is 0.273 e. The number of para-hydroxylation sites is 1. The number of amides is 2. The van der Waals surface area contributed by atoms with Gasteiger partial charge in [-0.15, -0.1) is 0 Å². The molecule has 0 spiro atoms. The second kappa shape index (κ2) is 8.02. The Bertz CT molecular complexity index is 1120. The lowest BCUT2D eigenvalue weighted by atomic mass is 9.85. The van der Waals surface area contributed by atoms with E-state index in [9.17, 15) is 9.59 Å². The van der Waals surface area contributed by atoms with E-state index in [0.29, 0.717) is 34.5 Å². The van der Waals surface area contributed by atoms with Crippen LogP contribution in [0.2, 0.25) is 0 Å². The van der Waals surface area contributed by atoms with E-state index in [4.69, 9.17) is 8.94 Å². The molecule has 2 aliphatic carbocycles. The molecule has 2 fully saturated rings. The van der Waals surface area contributed by atoms with Gasteiger partial charge in [0.1, 0.15) is 17.2 Å². The van der Waals surface area contributed by atoms with Crippen molar-refractivity contribution < 1.29 is 18.5 Å². The van der Waals surface area contributed by atoms with Gasteiger partial charge in [-0.3, -0.25) is 9.59 Å². The van der Waals surface area contributed by atoms with Crippen LogP contribution in [0.4, 0.5) is 5.69 Å². The summed E-state index contributed by atoms with van der Waals surface area (Å²) in [4.78, 5) is 29.3. The van der Waals surface area contributed by atoms with E-state index in [1.807, 2.05) is 24.3 Å². The topological polar surface area (TPSA) is 110 Å².